The normalized spacial score (nSPS) is 11.1. The SMILES string of the molecule is CCCCCCC(=O)OCC[N+](C)(C)C.CCCCCCCC(=O)O.CCOCC[N+](C)(C)CC. The van der Waals surface area contributed by atoms with Crippen molar-refractivity contribution in [1.82, 2.24) is 0 Å². The number of aliphatic carboxylic acids is 1. The maximum absolute atomic E-state index is 11.3. The third kappa shape index (κ3) is 40.3. The minimum Gasteiger partial charge on any atom is -0.481 e. The zero-order chi connectivity index (χ0) is 27.6. The predicted molar refractivity (Wildman–Crippen MR) is 148 cm³/mol. The highest BCUT2D eigenvalue weighted by Crippen LogP contribution is 2.04. The Hall–Kier alpha value is -1.18. The lowest BCUT2D eigenvalue weighted by Gasteiger charge is -2.27. The second-order valence-electron chi connectivity index (χ2n) is 10.8. The molecule has 0 aromatic heterocycles. The number of esters is 1. The van der Waals surface area contributed by atoms with Crippen LogP contribution in [0.25, 0.3) is 0 Å². The van der Waals surface area contributed by atoms with E-state index in [1.54, 1.807) is 0 Å². The van der Waals surface area contributed by atoms with Crippen molar-refractivity contribution in [3.05, 3.63) is 0 Å². The van der Waals surface area contributed by atoms with Crippen molar-refractivity contribution in [2.45, 2.75) is 98.3 Å². The Kier molecular flexibility index (Phi) is 28.4. The van der Waals surface area contributed by atoms with Gasteiger partial charge < -0.3 is 23.5 Å². The first-order chi connectivity index (χ1) is 16.3. The molecule has 212 valence electrons. The number of rotatable bonds is 19. The van der Waals surface area contributed by atoms with Crippen LogP contribution in [0.2, 0.25) is 0 Å². The lowest BCUT2D eigenvalue weighted by Crippen LogP contribution is -2.41. The molecule has 0 saturated carbocycles. The van der Waals surface area contributed by atoms with Gasteiger partial charge in [0, 0.05) is 19.4 Å². The van der Waals surface area contributed by atoms with Crippen LogP contribution < -0.4 is 0 Å². The van der Waals surface area contributed by atoms with Crippen molar-refractivity contribution in [2.24, 2.45) is 0 Å². The number of nitrogens with zero attached hydrogens (tertiary/aromatic N) is 2. The van der Waals surface area contributed by atoms with Crippen LogP contribution in [0.3, 0.4) is 0 Å². The molecule has 0 bridgehead atoms. The number of hydrogen-bond acceptors (Lipinski definition) is 4. The monoisotopic (exact) mass is 506 g/mol. The lowest BCUT2D eigenvalue weighted by atomic mass is 10.1. The molecule has 0 aromatic carbocycles. The molecular formula is C28H62N2O5+2. The molecule has 35 heavy (non-hydrogen) atoms. The molecule has 0 aliphatic carbocycles. The summed E-state index contributed by atoms with van der Waals surface area (Å²) in [4.78, 5) is 21.3. The number of hydrogen-bond donors (Lipinski definition) is 1. The fourth-order valence-corrected chi connectivity index (χ4v) is 2.70. The zero-order valence-electron chi connectivity index (χ0n) is 25.0. The molecule has 0 rings (SSSR count). The highest BCUT2D eigenvalue weighted by atomic mass is 16.5. The Morgan fingerprint density at radius 2 is 1.20 bits per heavy atom. The van der Waals surface area contributed by atoms with Crippen LogP contribution in [0.4, 0.5) is 0 Å². The third-order valence-corrected chi connectivity index (χ3v) is 5.65. The van der Waals surface area contributed by atoms with E-state index in [0.29, 0.717) is 19.4 Å². The van der Waals surface area contributed by atoms with E-state index in [-0.39, 0.29) is 5.97 Å². The van der Waals surface area contributed by atoms with Gasteiger partial charge in [0.15, 0.2) is 0 Å². The van der Waals surface area contributed by atoms with Gasteiger partial charge in [0.1, 0.15) is 19.7 Å². The Morgan fingerprint density at radius 3 is 1.66 bits per heavy atom. The van der Waals surface area contributed by atoms with Gasteiger partial charge in [-0.2, -0.15) is 0 Å². The first kappa shape index (κ1) is 38.4. The van der Waals surface area contributed by atoms with Crippen LogP contribution in [-0.4, -0.2) is 101 Å². The fraction of sp³-hybridized carbons (Fsp3) is 0.929. The van der Waals surface area contributed by atoms with E-state index < -0.39 is 5.97 Å². The van der Waals surface area contributed by atoms with Gasteiger partial charge in [-0.3, -0.25) is 9.59 Å². The Balaban J connectivity index is -0.000000454. The van der Waals surface area contributed by atoms with Crippen LogP contribution in [0.1, 0.15) is 98.3 Å². The number of likely N-dealkylation sites (N-methyl/N-ethyl adjacent to an activating group) is 2. The van der Waals surface area contributed by atoms with E-state index in [1.807, 2.05) is 6.92 Å². The van der Waals surface area contributed by atoms with Gasteiger partial charge in [0.05, 0.1) is 48.4 Å². The van der Waals surface area contributed by atoms with Crippen LogP contribution in [0.15, 0.2) is 0 Å². The van der Waals surface area contributed by atoms with E-state index in [1.165, 1.54) is 38.6 Å². The van der Waals surface area contributed by atoms with Crippen LogP contribution in [0, 0.1) is 0 Å². The Labute approximate surface area is 218 Å². The summed E-state index contributed by atoms with van der Waals surface area (Å²) in [6.07, 6.45) is 11.0. The molecule has 0 saturated heterocycles. The van der Waals surface area contributed by atoms with Crippen molar-refractivity contribution in [3.8, 4) is 0 Å². The molecule has 0 atom stereocenters. The summed E-state index contributed by atoms with van der Waals surface area (Å²) in [5, 5.41) is 8.27. The topological polar surface area (TPSA) is 72.8 Å². The van der Waals surface area contributed by atoms with Gasteiger partial charge in [-0.15, -0.1) is 0 Å². The van der Waals surface area contributed by atoms with Gasteiger partial charge in [-0.1, -0.05) is 58.8 Å². The number of carboxylic acid groups (broad SMARTS) is 1. The first-order valence-corrected chi connectivity index (χ1v) is 13.9. The highest BCUT2D eigenvalue weighted by Gasteiger charge is 2.10. The number of quaternary nitrogens is 2. The standard InChI is InChI=1S/C12H26NO2.C8H20NO.C8H16O2/c1-5-6-7-8-9-12(14)15-11-10-13(2,3)4;1-5-9(3,4)7-8-10-6-2;1-2-3-4-5-6-7-8(9)10/h5-11H2,1-4H3;5-8H2,1-4H3;2-7H2,1H3,(H,9,10)/q2*+1;. The van der Waals surface area contributed by atoms with E-state index in [4.69, 9.17) is 14.6 Å². The van der Waals surface area contributed by atoms with Crippen LogP contribution in [-0.2, 0) is 19.1 Å². The number of carbonyl (C=O) groups excluding carboxylic acids is 1. The summed E-state index contributed by atoms with van der Waals surface area (Å²) in [7, 11) is 10.7. The molecule has 0 spiro atoms. The van der Waals surface area contributed by atoms with Crippen molar-refractivity contribution < 1.29 is 33.1 Å². The molecule has 0 amide bonds. The molecule has 0 aromatic rings. The summed E-state index contributed by atoms with van der Waals surface area (Å²) < 4.78 is 12.3. The third-order valence-electron chi connectivity index (χ3n) is 5.65. The smallest absolute Gasteiger partial charge is 0.305 e. The van der Waals surface area contributed by atoms with Gasteiger partial charge >= 0.3 is 11.9 Å². The molecule has 1 N–H and O–H groups in total. The molecule has 7 heteroatoms. The summed E-state index contributed by atoms with van der Waals surface area (Å²) >= 11 is 0. The van der Waals surface area contributed by atoms with Gasteiger partial charge in [-0.05, 0) is 26.7 Å². The second-order valence-corrected chi connectivity index (χ2v) is 10.8. The van der Waals surface area contributed by atoms with E-state index in [9.17, 15) is 9.59 Å². The minimum atomic E-state index is -0.670. The van der Waals surface area contributed by atoms with Crippen LogP contribution in [0.5, 0.6) is 0 Å². The summed E-state index contributed by atoms with van der Waals surface area (Å²) in [6.45, 7) is 14.0. The van der Waals surface area contributed by atoms with Crippen molar-refractivity contribution in [3.63, 3.8) is 0 Å². The number of carbonyl (C=O) groups is 2. The molecule has 0 fully saturated rings. The van der Waals surface area contributed by atoms with Crippen molar-refractivity contribution in [2.75, 3.05) is 74.7 Å². The number of carboxylic acids is 1. The molecule has 7 nitrogen and oxygen atoms in total. The Bertz CT molecular complexity index is 476. The zero-order valence-corrected chi connectivity index (χ0v) is 25.0. The van der Waals surface area contributed by atoms with E-state index in [2.05, 4.69) is 56.0 Å². The van der Waals surface area contributed by atoms with Crippen LogP contribution >= 0.6 is 0 Å². The van der Waals surface area contributed by atoms with Gasteiger partial charge in [-0.25, -0.2) is 0 Å². The Morgan fingerprint density at radius 1 is 0.686 bits per heavy atom. The molecule has 0 aliphatic heterocycles. The van der Waals surface area contributed by atoms with Crippen molar-refractivity contribution in [1.29, 1.82) is 0 Å². The molecule has 0 unspecified atom stereocenters. The van der Waals surface area contributed by atoms with Crippen molar-refractivity contribution >= 4 is 11.9 Å². The maximum Gasteiger partial charge on any atom is 0.305 e. The summed E-state index contributed by atoms with van der Waals surface area (Å²) in [5.74, 6) is -0.712. The molecule has 0 radical (unpaired) electrons. The minimum absolute atomic E-state index is 0.0421. The molecule has 0 heterocycles. The number of unbranched alkanes of at least 4 members (excludes halogenated alkanes) is 7. The molecular weight excluding hydrogens is 444 g/mol. The average molecular weight is 507 g/mol. The largest absolute Gasteiger partial charge is 0.481 e. The van der Waals surface area contributed by atoms with Gasteiger partial charge in [0.2, 0.25) is 0 Å². The quantitative estimate of drug-likeness (QED) is 0.137. The maximum atomic E-state index is 11.3. The average Bonchev–Trinajstić information content (AvgIpc) is 2.76. The van der Waals surface area contributed by atoms with E-state index in [0.717, 1.165) is 61.0 Å². The fourth-order valence-electron chi connectivity index (χ4n) is 2.70. The summed E-state index contributed by atoms with van der Waals surface area (Å²) in [5.41, 5.74) is 0. The molecule has 0 aliphatic rings. The highest BCUT2D eigenvalue weighted by molar-refractivity contribution is 5.69. The lowest BCUT2D eigenvalue weighted by molar-refractivity contribution is -0.888. The second kappa shape index (κ2) is 25.9. The summed E-state index contributed by atoms with van der Waals surface area (Å²) in [6, 6.07) is 0. The first-order valence-electron chi connectivity index (χ1n) is 13.9. The van der Waals surface area contributed by atoms with Gasteiger partial charge in [0.25, 0.3) is 0 Å². The predicted octanol–water partition coefficient (Wildman–Crippen LogP) is 5.76. The number of ether oxygens (including phenoxy) is 2. The van der Waals surface area contributed by atoms with E-state index >= 15 is 0 Å².